The fourth-order valence-electron chi connectivity index (χ4n) is 3.14. The van der Waals surface area contributed by atoms with E-state index in [1.165, 1.54) is 0 Å². The van der Waals surface area contributed by atoms with Crippen LogP contribution in [0.15, 0.2) is 28.7 Å². The highest BCUT2D eigenvalue weighted by Crippen LogP contribution is 2.25. The lowest BCUT2D eigenvalue weighted by atomic mass is 10.1. The van der Waals surface area contributed by atoms with Crippen molar-refractivity contribution in [2.24, 2.45) is 0 Å². The van der Waals surface area contributed by atoms with Gasteiger partial charge in [0.2, 0.25) is 0 Å². The molecule has 0 spiro atoms. The largest absolute Gasteiger partial charge is 0.451 e. The van der Waals surface area contributed by atoms with Gasteiger partial charge in [0.05, 0.1) is 6.04 Å². The second-order valence-corrected chi connectivity index (χ2v) is 5.78. The van der Waals surface area contributed by atoms with E-state index < -0.39 is 0 Å². The number of hydrogen-bond donors (Lipinski definition) is 0. The lowest BCUT2D eigenvalue weighted by molar-refractivity contribution is 0.0589. The van der Waals surface area contributed by atoms with E-state index >= 15 is 0 Å². The number of benzene rings is 1. The smallest absolute Gasteiger partial charge is 0.410 e. The van der Waals surface area contributed by atoms with Crippen LogP contribution in [-0.2, 0) is 4.74 Å². The SMILES string of the molecule is Cc1cccc2cc(C(=O)N3CCN4C(=O)OCC4C3)oc12. The minimum atomic E-state index is -0.281. The van der Waals surface area contributed by atoms with Crippen LogP contribution in [0.5, 0.6) is 0 Å². The van der Waals surface area contributed by atoms with Crippen LogP contribution >= 0.6 is 0 Å². The summed E-state index contributed by atoms with van der Waals surface area (Å²) in [5.41, 5.74) is 1.76. The molecule has 4 rings (SSSR count). The first-order chi connectivity index (χ1) is 10.6. The Kier molecular flexibility index (Phi) is 2.85. The van der Waals surface area contributed by atoms with E-state index in [4.69, 9.17) is 9.15 Å². The second-order valence-electron chi connectivity index (χ2n) is 5.78. The molecular weight excluding hydrogens is 284 g/mol. The Hall–Kier alpha value is -2.50. The highest BCUT2D eigenvalue weighted by Gasteiger charge is 2.39. The average Bonchev–Trinajstić information content (AvgIpc) is 3.11. The molecule has 6 nitrogen and oxygen atoms in total. The van der Waals surface area contributed by atoms with Crippen LogP contribution in [0.3, 0.4) is 0 Å². The zero-order chi connectivity index (χ0) is 15.3. The Morgan fingerprint density at radius 2 is 2.18 bits per heavy atom. The first-order valence-corrected chi connectivity index (χ1v) is 7.35. The predicted molar refractivity (Wildman–Crippen MR) is 78.7 cm³/mol. The zero-order valence-electron chi connectivity index (χ0n) is 12.2. The number of hydrogen-bond acceptors (Lipinski definition) is 4. The van der Waals surface area contributed by atoms with Crippen LogP contribution < -0.4 is 0 Å². The van der Waals surface area contributed by atoms with Crippen LogP contribution in [0, 0.1) is 6.92 Å². The van der Waals surface area contributed by atoms with Crippen LogP contribution in [0.4, 0.5) is 4.79 Å². The van der Waals surface area contributed by atoms with Gasteiger partial charge in [-0.15, -0.1) is 0 Å². The zero-order valence-corrected chi connectivity index (χ0v) is 12.2. The van der Waals surface area contributed by atoms with Gasteiger partial charge in [-0.3, -0.25) is 9.69 Å². The van der Waals surface area contributed by atoms with Crippen molar-refractivity contribution in [1.82, 2.24) is 9.80 Å². The number of carbonyl (C=O) groups excluding carboxylic acids is 2. The lowest BCUT2D eigenvalue weighted by Gasteiger charge is -2.34. The van der Waals surface area contributed by atoms with Gasteiger partial charge in [-0.25, -0.2) is 4.79 Å². The molecule has 2 aliphatic heterocycles. The Labute approximate surface area is 127 Å². The third-order valence-electron chi connectivity index (χ3n) is 4.36. The maximum absolute atomic E-state index is 12.6. The molecule has 114 valence electrons. The van der Waals surface area contributed by atoms with Crippen LogP contribution in [0.1, 0.15) is 16.1 Å². The van der Waals surface area contributed by atoms with E-state index in [9.17, 15) is 9.59 Å². The number of cyclic esters (lactones) is 1. The summed E-state index contributed by atoms with van der Waals surface area (Å²) in [6.07, 6.45) is -0.281. The molecule has 1 aromatic carbocycles. The Balaban J connectivity index is 1.58. The molecule has 1 unspecified atom stereocenters. The Morgan fingerprint density at radius 1 is 1.32 bits per heavy atom. The van der Waals surface area contributed by atoms with Crippen molar-refractivity contribution < 1.29 is 18.7 Å². The first-order valence-electron chi connectivity index (χ1n) is 7.35. The number of amides is 2. The molecule has 0 N–H and O–H groups in total. The number of fused-ring (bicyclic) bond motifs is 2. The van der Waals surface area contributed by atoms with Crippen molar-refractivity contribution in [3.05, 3.63) is 35.6 Å². The summed E-state index contributed by atoms with van der Waals surface area (Å²) < 4.78 is 10.8. The third-order valence-corrected chi connectivity index (χ3v) is 4.36. The van der Waals surface area contributed by atoms with Gasteiger partial charge in [-0.2, -0.15) is 0 Å². The molecule has 3 heterocycles. The van der Waals surface area contributed by atoms with Crippen molar-refractivity contribution >= 4 is 23.0 Å². The Bertz CT molecular complexity index is 767. The lowest BCUT2D eigenvalue weighted by Crippen LogP contribution is -2.53. The topological polar surface area (TPSA) is 63.0 Å². The van der Waals surface area contributed by atoms with Crippen LogP contribution in [0.25, 0.3) is 11.0 Å². The second kappa shape index (κ2) is 4.76. The molecule has 0 aliphatic carbocycles. The van der Waals surface area contributed by atoms with Crippen molar-refractivity contribution in [2.75, 3.05) is 26.2 Å². The minimum absolute atomic E-state index is 0.0451. The molecule has 2 aliphatic rings. The minimum Gasteiger partial charge on any atom is -0.451 e. The van der Waals surface area contributed by atoms with E-state index in [0.29, 0.717) is 32.0 Å². The van der Waals surface area contributed by atoms with Crippen LogP contribution in [0.2, 0.25) is 0 Å². The summed E-state index contributed by atoms with van der Waals surface area (Å²) >= 11 is 0. The van der Waals surface area contributed by atoms with Gasteiger partial charge in [0.25, 0.3) is 5.91 Å². The highest BCUT2D eigenvalue weighted by atomic mass is 16.6. The fraction of sp³-hybridized carbons (Fsp3) is 0.375. The van der Waals surface area contributed by atoms with Gasteiger partial charge < -0.3 is 14.1 Å². The van der Waals surface area contributed by atoms with Gasteiger partial charge in [0.15, 0.2) is 5.76 Å². The molecule has 1 atom stereocenters. The number of furan rings is 1. The molecule has 0 bridgehead atoms. The molecule has 2 aromatic rings. The maximum atomic E-state index is 12.6. The quantitative estimate of drug-likeness (QED) is 0.808. The monoisotopic (exact) mass is 300 g/mol. The van der Waals surface area contributed by atoms with E-state index in [-0.39, 0.29) is 18.0 Å². The molecule has 2 fully saturated rings. The standard InChI is InChI=1S/C16H16N2O4/c1-10-3-2-4-11-7-13(22-14(10)11)15(19)17-5-6-18-12(8-17)9-21-16(18)20/h2-4,7,12H,5-6,8-9H2,1H3. The van der Waals surface area contributed by atoms with Crippen molar-refractivity contribution in [1.29, 1.82) is 0 Å². The predicted octanol–water partition coefficient (Wildman–Crippen LogP) is 2.02. The number of nitrogens with zero attached hydrogens (tertiary/aromatic N) is 2. The van der Waals surface area contributed by atoms with Crippen molar-refractivity contribution in [2.45, 2.75) is 13.0 Å². The van der Waals surface area contributed by atoms with E-state index in [1.54, 1.807) is 15.9 Å². The van der Waals surface area contributed by atoms with E-state index in [0.717, 1.165) is 16.5 Å². The number of piperazine rings is 1. The summed E-state index contributed by atoms with van der Waals surface area (Å²) in [5.74, 6) is 0.220. The van der Waals surface area contributed by atoms with Crippen LogP contribution in [-0.4, -0.2) is 54.1 Å². The molecule has 0 saturated carbocycles. The summed E-state index contributed by atoms with van der Waals surface area (Å²) in [5, 5.41) is 0.932. The maximum Gasteiger partial charge on any atom is 0.410 e. The molecule has 2 amide bonds. The van der Waals surface area contributed by atoms with Gasteiger partial charge >= 0.3 is 6.09 Å². The number of ether oxygens (including phenoxy) is 1. The summed E-state index contributed by atoms with van der Waals surface area (Å²) in [6, 6.07) is 7.58. The number of rotatable bonds is 1. The number of carbonyl (C=O) groups is 2. The van der Waals surface area contributed by atoms with E-state index in [2.05, 4.69) is 0 Å². The van der Waals surface area contributed by atoms with Gasteiger partial charge in [0, 0.05) is 25.0 Å². The number of aryl methyl sites for hydroxylation is 1. The normalized spacial score (nSPS) is 21.1. The number of para-hydroxylation sites is 1. The van der Waals surface area contributed by atoms with Gasteiger partial charge in [-0.05, 0) is 18.6 Å². The van der Waals surface area contributed by atoms with Gasteiger partial charge in [0.1, 0.15) is 12.2 Å². The first kappa shape index (κ1) is 13.2. The molecule has 1 aromatic heterocycles. The van der Waals surface area contributed by atoms with Crippen molar-refractivity contribution in [3.63, 3.8) is 0 Å². The fourth-order valence-corrected chi connectivity index (χ4v) is 3.14. The molecule has 6 heteroatoms. The van der Waals surface area contributed by atoms with Crippen molar-refractivity contribution in [3.8, 4) is 0 Å². The summed E-state index contributed by atoms with van der Waals surface area (Å²) in [4.78, 5) is 27.5. The van der Waals surface area contributed by atoms with Gasteiger partial charge in [-0.1, -0.05) is 18.2 Å². The Morgan fingerprint density at radius 3 is 3.00 bits per heavy atom. The highest BCUT2D eigenvalue weighted by molar-refractivity contribution is 5.96. The summed E-state index contributed by atoms with van der Waals surface area (Å²) in [7, 11) is 0. The average molecular weight is 300 g/mol. The molecule has 22 heavy (non-hydrogen) atoms. The van der Waals surface area contributed by atoms with E-state index in [1.807, 2.05) is 25.1 Å². The summed E-state index contributed by atoms with van der Waals surface area (Å²) in [6.45, 7) is 3.80. The molecule has 2 saturated heterocycles. The third kappa shape index (κ3) is 1.94. The molecular formula is C16H16N2O4. The molecule has 0 radical (unpaired) electrons.